The Labute approximate surface area is 157 Å². The Morgan fingerprint density at radius 2 is 1.81 bits per heavy atom. The first-order valence-electron chi connectivity index (χ1n) is 8.42. The Morgan fingerprint density at radius 3 is 2.48 bits per heavy atom. The number of H-pyrrole nitrogens is 1. The highest BCUT2D eigenvalue weighted by Gasteiger charge is 2.29. The summed E-state index contributed by atoms with van der Waals surface area (Å²) in [7, 11) is 0. The zero-order valence-electron chi connectivity index (χ0n) is 14.1. The number of carbonyl (C=O) groups excluding carboxylic acids is 1. The minimum atomic E-state index is -4.33. The van der Waals surface area contributed by atoms with E-state index in [0.717, 1.165) is 10.9 Å². The Hall–Kier alpha value is -2.61. The average Bonchev–Trinajstić information content (AvgIpc) is 3.38. The molecular formula is C19H16F3N3OS. The molecule has 2 amide bonds. The number of urea groups is 1. The van der Waals surface area contributed by atoms with Crippen LogP contribution in [0.25, 0.3) is 10.9 Å². The van der Waals surface area contributed by atoms with Gasteiger partial charge in [-0.1, -0.05) is 6.07 Å². The quantitative estimate of drug-likeness (QED) is 0.457. The van der Waals surface area contributed by atoms with Crippen LogP contribution in [0.1, 0.15) is 24.3 Å². The highest BCUT2D eigenvalue weighted by Crippen LogP contribution is 2.41. The summed E-state index contributed by atoms with van der Waals surface area (Å²) in [6, 6.07) is 11.3. The summed E-state index contributed by atoms with van der Waals surface area (Å²) in [4.78, 5) is 15.4. The first-order chi connectivity index (χ1) is 12.9. The molecule has 1 fully saturated rings. The first-order valence-corrected chi connectivity index (χ1v) is 9.24. The van der Waals surface area contributed by atoms with Gasteiger partial charge in [0, 0.05) is 27.7 Å². The number of carbonyl (C=O) groups is 1. The van der Waals surface area contributed by atoms with Crippen molar-refractivity contribution in [3.05, 3.63) is 54.2 Å². The SMILES string of the molecule is O=C(Nc1ccc(SC(F)(F)F)cc1)Nc1c[nH]c2ccc(C3CC3)cc12. The van der Waals surface area contributed by atoms with Crippen LogP contribution in [0.4, 0.5) is 29.3 Å². The minimum Gasteiger partial charge on any atom is -0.359 e. The van der Waals surface area contributed by atoms with Crippen molar-refractivity contribution in [2.24, 2.45) is 0 Å². The van der Waals surface area contributed by atoms with E-state index < -0.39 is 11.5 Å². The summed E-state index contributed by atoms with van der Waals surface area (Å²) in [5.74, 6) is 0.610. The number of benzene rings is 2. The van der Waals surface area contributed by atoms with Crippen molar-refractivity contribution in [2.45, 2.75) is 29.2 Å². The Balaban J connectivity index is 1.43. The van der Waals surface area contributed by atoms with Gasteiger partial charge in [-0.2, -0.15) is 13.2 Å². The molecule has 140 valence electrons. The number of nitrogens with one attached hydrogen (secondary N) is 3. The van der Waals surface area contributed by atoms with Crippen LogP contribution in [-0.4, -0.2) is 16.5 Å². The molecule has 1 aliphatic rings. The number of halogens is 3. The van der Waals surface area contributed by atoms with Gasteiger partial charge in [0.05, 0.1) is 5.69 Å². The van der Waals surface area contributed by atoms with Crippen molar-refractivity contribution < 1.29 is 18.0 Å². The number of aromatic amines is 1. The molecule has 0 atom stereocenters. The predicted octanol–water partition coefficient (Wildman–Crippen LogP) is 6.30. The van der Waals surface area contributed by atoms with Gasteiger partial charge in [0.2, 0.25) is 0 Å². The van der Waals surface area contributed by atoms with Crippen LogP contribution in [0.3, 0.4) is 0 Å². The van der Waals surface area contributed by atoms with E-state index in [-0.39, 0.29) is 16.7 Å². The Kier molecular flexibility index (Phi) is 4.51. The van der Waals surface area contributed by atoms with Gasteiger partial charge in [-0.25, -0.2) is 4.79 Å². The van der Waals surface area contributed by atoms with Gasteiger partial charge in [-0.15, -0.1) is 0 Å². The van der Waals surface area contributed by atoms with Crippen LogP contribution in [-0.2, 0) is 0 Å². The van der Waals surface area contributed by atoms with E-state index >= 15 is 0 Å². The molecule has 1 heterocycles. The fourth-order valence-electron chi connectivity index (χ4n) is 2.94. The maximum atomic E-state index is 12.4. The topological polar surface area (TPSA) is 56.9 Å². The highest BCUT2D eigenvalue weighted by molar-refractivity contribution is 8.00. The van der Waals surface area contributed by atoms with Crippen molar-refractivity contribution in [3.8, 4) is 0 Å². The normalized spacial score (nSPS) is 14.3. The second-order valence-electron chi connectivity index (χ2n) is 6.43. The van der Waals surface area contributed by atoms with Crippen LogP contribution in [0.5, 0.6) is 0 Å². The van der Waals surface area contributed by atoms with Gasteiger partial charge in [0.1, 0.15) is 0 Å². The fourth-order valence-corrected chi connectivity index (χ4v) is 3.48. The van der Waals surface area contributed by atoms with Crippen LogP contribution in [0.2, 0.25) is 0 Å². The Bertz CT molecular complexity index is 978. The molecule has 1 aliphatic carbocycles. The van der Waals surface area contributed by atoms with Gasteiger partial charge in [0.15, 0.2) is 0 Å². The molecule has 8 heteroatoms. The van der Waals surface area contributed by atoms with E-state index in [1.54, 1.807) is 6.20 Å². The maximum absolute atomic E-state index is 12.4. The van der Waals surface area contributed by atoms with Crippen LogP contribution in [0, 0.1) is 0 Å². The van der Waals surface area contributed by atoms with Gasteiger partial charge in [-0.05, 0) is 72.5 Å². The smallest absolute Gasteiger partial charge is 0.359 e. The van der Waals surface area contributed by atoms with Gasteiger partial charge in [-0.3, -0.25) is 0 Å². The van der Waals surface area contributed by atoms with Gasteiger partial charge in [0.25, 0.3) is 0 Å². The largest absolute Gasteiger partial charge is 0.446 e. The third-order valence-electron chi connectivity index (χ3n) is 4.35. The third-order valence-corrected chi connectivity index (χ3v) is 5.09. The molecule has 0 aliphatic heterocycles. The lowest BCUT2D eigenvalue weighted by molar-refractivity contribution is -0.0328. The predicted molar refractivity (Wildman–Crippen MR) is 101 cm³/mol. The van der Waals surface area contributed by atoms with E-state index in [1.165, 1.54) is 42.7 Å². The number of alkyl halides is 3. The van der Waals surface area contributed by atoms with Gasteiger partial charge < -0.3 is 15.6 Å². The summed E-state index contributed by atoms with van der Waals surface area (Å²) < 4.78 is 37.1. The van der Waals surface area contributed by atoms with Crippen LogP contribution < -0.4 is 10.6 Å². The van der Waals surface area contributed by atoms with Crippen molar-refractivity contribution in [2.75, 3.05) is 10.6 Å². The number of thioether (sulfide) groups is 1. The number of hydrogen-bond donors (Lipinski definition) is 3. The van der Waals surface area contributed by atoms with E-state index in [1.807, 2.05) is 6.07 Å². The Morgan fingerprint density at radius 1 is 1.07 bits per heavy atom. The average molecular weight is 391 g/mol. The summed E-state index contributed by atoms with van der Waals surface area (Å²) in [6.45, 7) is 0. The van der Waals surface area contributed by atoms with Crippen LogP contribution >= 0.6 is 11.8 Å². The van der Waals surface area contributed by atoms with Crippen molar-refractivity contribution in [1.82, 2.24) is 4.98 Å². The minimum absolute atomic E-state index is 0.0673. The lowest BCUT2D eigenvalue weighted by Gasteiger charge is -2.09. The molecule has 0 radical (unpaired) electrons. The number of fused-ring (bicyclic) bond motifs is 1. The lowest BCUT2D eigenvalue weighted by Crippen LogP contribution is -2.19. The number of anilines is 2. The van der Waals surface area contributed by atoms with Crippen LogP contribution in [0.15, 0.2) is 53.6 Å². The van der Waals surface area contributed by atoms with Crippen molar-refractivity contribution in [1.29, 1.82) is 0 Å². The monoisotopic (exact) mass is 391 g/mol. The molecule has 3 aromatic rings. The summed E-state index contributed by atoms with van der Waals surface area (Å²) in [6.07, 6.45) is 4.12. The standard InChI is InChI=1S/C19H16F3N3OS/c20-19(21,22)27-14-6-4-13(5-7-14)24-18(26)25-17-10-23-16-8-3-12(9-15(16)17)11-1-2-11/h3-11,23H,1-2H2,(H2,24,25,26). The van der Waals surface area contributed by atoms with Crippen molar-refractivity contribution in [3.63, 3.8) is 0 Å². The zero-order valence-corrected chi connectivity index (χ0v) is 14.9. The molecule has 0 bridgehead atoms. The molecule has 0 unspecified atom stereocenters. The molecule has 1 saturated carbocycles. The maximum Gasteiger partial charge on any atom is 0.446 e. The van der Waals surface area contributed by atoms with E-state index in [9.17, 15) is 18.0 Å². The summed E-state index contributed by atoms with van der Waals surface area (Å²) in [5.41, 5.74) is -1.06. The molecule has 2 aromatic carbocycles. The molecule has 0 saturated heterocycles. The molecular weight excluding hydrogens is 375 g/mol. The summed E-state index contributed by atoms with van der Waals surface area (Å²) in [5, 5.41) is 6.35. The number of aromatic nitrogens is 1. The van der Waals surface area contributed by atoms with Gasteiger partial charge >= 0.3 is 11.5 Å². The van der Waals surface area contributed by atoms with E-state index in [4.69, 9.17) is 0 Å². The number of amides is 2. The molecule has 4 nitrogen and oxygen atoms in total. The second-order valence-corrected chi connectivity index (χ2v) is 7.57. The van der Waals surface area contributed by atoms with Crippen molar-refractivity contribution >= 4 is 40.1 Å². The van der Waals surface area contributed by atoms with E-state index in [2.05, 4.69) is 27.8 Å². The lowest BCUT2D eigenvalue weighted by atomic mass is 10.1. The van der Waals surface area contributed by atoms with E-state index in [0.29, 0.717) is 17.3 Å². The highest BCUT2D eigenvalue weighted by atomic mass is 32.2. The molecule has 1 aromatic heterocycles. The molecule has 3 N–H and O–H groups in total. The number of rotatable bonds is 4. The first kappa shape index (κ1) is 17.8. The number of hydrogen-bond acceptors (Lipinski definition) is 2. The third kappa shape index (κ3) is 4.39. The molecule has 0 spiro atoms. The zero-order chi connectivity index (χ0) is 19.0. The second kappa shape index (κ2) is 6.84. The fraction of sp³-hybridized carbons (Fsp3) is 0.211. The summed E-state index contributed by atoms with van der Waals surface area (Å²) >= 11 is -0.190. The molecule has 27 heavy (non-hydrogen) atoms. The molecule has 4 rings (SSSR count).